The van der Waals surface area contributed by atoms with Crippen molar-refractivity contribution in [2.75, 3.05) is 11.1 Å². The van der Waals surface area contributed by atoms with Crippen molar-refractivity contribution in [3.8, 4) is 6.07 Å². The number of nitrogens with zero attached hydrogens (tertiary/aromatic N) is 1. The maximum absolute atomic E-state index is 12.0. The molecule has 0 aliphatic rings. The average molecular weight is 286 g/mol. The molecule has 4 nitrogen and oxygen atoms in total. The summed E-state index contributed by atoms with van der Waals surface area (Å²) in [5.41, 5.74) is 7.68. The first-order chi connectivity index (χ1) is 9.58. The Morgan fingerprint density at radius 3 is 2.80 bits per heavy atom. The molecule has 0 aliphatic heterocycles. The van der Waals surface area contributed by atoms with E-state index in [2.05, 4.69) is 5.32 Å². The molecular weight excluding hydrogens is 274 g/mol. The van der Waals surface area contributed by atoms with Gasteiger partial charge in [-0.05, 0) is 35.9 Å². The summed E-state index contributed by atoms with van der Waals surface area (Å²) in [4.78, 5) is 12.0. The first kappa shape index (κ1) is 13.9. The van der Waals surface area contributed by atoms with Gasteiger partial charge in [-0.1, -0.05) is 23.7 Å². The van der Waals surface area contributed by atoms with Crippen LogP contribution in [0.3, 0.4) is 0 Å². The smallest absolute Gasteiger partial charge is 0.228 e. The Bertz CT molecular complexity index is 692. The molecule has 3 N–H and O–H groups in total. The van der Waals surface area contributed by atoms with Gasteiger partial charge in [-0.15, -0.1) is 0 Å². The lowest BCUT2D eigenvalue weighted by atomic mass is 10.1. The largest absolute Gasteiger partial charge is 0.399 e. The highest BCUT2D eigenvalue weighted by molar-refractivity contribution is 6.30. The SMILES string of the molecule is N#Cc1cc(N)ccc1NC(=O)Cc1cccc(Cl)c1. The number of anilines is 2. The van der Waals surface area contributed by atoms with E-state index < -0.39 is 0 Å². The van der Waals surface area contributed by atoms with Gasteiger partial charge in [0, 0.05) is 10.7 Å². The van der Waals surface area contributed by atoms with Gasteiger partial charge in [0.25, 0.3) is 0 Å². The molecule has 5 heteroatoms. The minimum absolute atomic E-state index is 0.190. The molecule has 0 fully saturated rings. The van der Waals surface area contributed by atoms with Crippen molar-refractivity contribution in [3.05, 3.63) is 58.6 Å². The molecule has 0 radical (unpaired) electrons. The Kier molecular flexibility index (Phi) is 4.24. The lowest BCUT2D eigenvalue weighted by molar-refractivity contribution is -0.115. The normalized spacial score (nSPS) is 9.80. The van der Waals surface area contributed by atoms with Gasteiger partial charge in [0.05, 0.1) is 17.7 Å². The Morgan fingerprint density at radius 1 is 1.30 bits per heavy atom. The van der Waals surface area contributed by atoms with Crippen LogP contribution in [0.2, 0.25) is 5.02 Å². The maximum Gasteiger partial charge on any atom is 0.228 e. The van der Waals surface area contributed by atoms with E-state index in [0.717, 1.165) is 5.56 Å². The van der Waals surface area contributed by atoms with Crippen molar-refractivity contribution in [3.63, 3.8) is 0 Å². The Hall–Kier alpha value is -2.51. The topological polar surface area (TPSA) is 78.9 Å². The number of hydrogen-bond acceptors (Lipinski definition) is 3. The molecule has 0 aliphatic carbocycles. The number of benzene rings is 2. The van der Waals surface area contributed by atoms with Gasteiger partial charge in [-0.2, -0.15) is 5.26 Å². The molecule has 0 saturated carbocycles. The molecule has 100 valence electrons. The molecule has 0 aromatic heterocycles. The number of carbonyl (C=O) groups excluding carboxylic acids is 1. The molecule has 1 amide bonds. The van der Waals surface area contributed by atoms with Gasteiger partial charge in [-0.3, -0.25) is 4.79 Å². The second-order valence-electron chi connectivity index (χ2n) is 4.27. The molecule has 2 rings (SSSR count). The van der Waals surface area contributed by atoms with Crippen LogP contribution in [0.15, 0.2) is 42.5 Å². The number of nitrogen functional groups attached to an aromatic ring is 1. The molecule has 0 bridgehead atoms. The van der Waals surface area contributed by atoms with Crippen LogP contribution in [0.5, 0.6) is 0 Å². The number of halogens is 1. The standard InChI is InChI=1S/C15H12ClN3O/c16-12-3-1-2-10(6-12)7-15(20)19-14-5-4-13(18)8-11(14)9-17/h1-6,8H,7,18H2,(H,19,20). The van der Waals surface area contributed by atoms with Gasteiger partial charge in [0.15, 0.2) is 0 Å². The Morgan fingerprint density at radius 2 is 2.10 bits per heavy atom. The number of rotatable bonds is 3. The zero-order valence-electron chi connectivity index (χ0n) is 10.6. The molecule has 2 aromatic rings. The predicted octanol–water partition coefficient (Wildman–Crippen LogP) is 2.98. The van der Waals surface area contributed by atoms with Gasteiger partial charge in [-0.25, -0.2) is 0 Å². The van der Waals surface area contributed by atoms with E-state index in [-0.39, 0.29) is 12.3 Å². The zero-order chi connectivity index (χ0) is 14.5. The van der Waals surface area contributed by atoms with Crippen LogP contribution in [-0.2, 0) is 11.2 Å². The van der Waals surface area contributed by atoms with Crippen LogP contribution in [0, 0.1) is 11.3 Å². The van der Waals surface area contributed by atoms with Crippen molar-refractivity contribution in [2.45, 2.75) is 6.42 Å². The molecule has 0 saturated heterocycles. The summed E-state index contributed by atoms with van der Waals surface area (Å²) in [5, 5.41) is 12.3. The van der Waals surface area contributed by atoms with Crippen LogP contribution in [0.4, 0.5) is 11.4 Å². The monoisotopic (exact) mass is 285 g/mol. The third kappa shape index (κ3) is 3.50. The highest BCUT2D eigenvalue weighted by Gasteiger charge is 2.08. The van der Waals surface area contributed by atoms with Crippen molar-refractivity contribution >= 4 is 28.9 Å². The van der Waals surface area contributed by atoms with Gasteiger partial charge in [0.2, 0.25) is 5.91 Å². The lowest BCUT2D eigenvalue weighted by Gasteiger charge is -2.08. The van der Waals surface area contributed by atoms with Gasteiger partial charge >= 0.3 is 0 Å². The third-order valence-electron chi connectivity index (χ3n) is 2.69. The van der Waals surface area contributed by atoms with Crippen molar-refractivity contribution < 1.29 is 4.79 Å². The summed E-state index contributed by atoms with van der Waals surface area (Å²) >= 11 is 5.86. The maximum atomic E-state index is 12.0. The van der Waals surface area contributed by atoms with E-state index in [9.17, 15) is 4.79 Å². The minimum atomic E-state index is -0.214. The Balaban J connectivity index is 2.11. The molecule has 0 heterocycles. The third-order valence-corrected chi connectivity index (χ3v) is 2.93. The van der Waals surface area contributed by atoms with Gasteiger partial charge < -0.3 is 11.1 Å². The molecule has 0 atom stereocenters. The van der Waals surface area contributed by atoms with E-state index in [0.29, 0.717) is 22.0 Å². The molecule has 0 unspecified atom stereocenters. The fraction of sp³-hybridized carbons (Fsp3) is 0.0667. The summed E-state index contributed by atoms with van der Waals surface area (Å²) in [7, 11) is 0. The van der Waals surface area contributed by atoms with Crippen LogP contribution >= 0.6 is 11.6 Å². The lowest BCUT2D eigenvalue weighted by Crippen LogP contribution is -2.15. The van der Waals surface area contributed by atoms with E-state index in [4.69, 9.17) is 22.6 Å². The number of hydrogen-bond donors (Lipinski definition) is 2. The summed E-state index contributed by atoms with van der Waals surface area (Å²) < 4.78 is 0. The predicted molar refractivity (Wildman–Crippen MR) is 79.4 cm³/mol. The number of amides is 1. The zero-order valence-corrected chi connectivity index (χ0v) is 11.3. The van der Waals surface area contributed by atoms with E-state index in [1.165, 1.54) is 6.07 Å². The number of carbonyl (C=O) groups is 1. The number of nitrogens with one attached hydrogen (secondary N) is 1. The van der Waals surface area contributed by atoms with Gasteiger partial charge in [0.1, 0.15) is 6.07 Å². The Labute approximate surface area is 121 Å². The highest BCUT2D eigenvalue weighted by atomic mass is 35.5. The van der Waals surface area contributed by atoms with Crippen LogP contribution in [0.1, 0.15) is 11.1 Å². The summed E-state index contributed by atoms with van der Waals surface area (Å²) in [6.45, 7) is 0. The minimum Gasteiger partial charge on any atom is -0.399 e. The molecule has 20 heavy (non-hydrogen) atoms. The van der Waals surface area contributed by atoms with Crippen molar-refractivity contribution in [1.29, 1.82) is 5.26 Å². The number of nitrogens with two attached hydrogens (primary N) is 1. The van der Waals surface area contributed by atoms with E-state index >= 15 is 0 Å². The average Bonchev–Trinajstić information content (AvgIpc) is 2.40. The fourth-order valence-electron chi connectivity index (χ4n) is 1.79. The first-order valence-corrected chi connectivity index (χ1v) is 6.30. The summed E-state index contributed by atoms with van der Waals surface area (Å²) in [6, 6.07) is 13.9. The van der Waals surface area contributed by atoms with Crippen molar-refractivity contribution in [1.82, 2.24) is 0 Å². The summed E-state index contributed by atoms with van der Waals surface area (Å²) in [5.74, 6) is -0.214. The van der Waals surface area contributed by atoms with E-state index in [1.54, 1.807) is 30.3 Å². The van der Waals surface area contributed by atoms with Crippen LogP contribution in [0.25, 0.3) is 0 Å². The molecule has 0 spiro atoms. The quantitative estimate of drug-likeness (QED) is 0.851. The highest BCUT2D eigenvalue weighted by Crippen LogP contribution is 2.18. The van der Waals surface area contributed by atoms with Crippen molar-refractivity contribution in [2.24, 2.45) is 0 Å². The molecule has 2 aromatic carbocycles. The second-order valence-corrected chi connectivity index (χ2v) is 4.71. The summed E-state index contributed by atoms with van der Waals surface area (Å²) in [6.07, 6.45) is 0.190. The first-order valence-electron chi connectivity index (χ1n) is 5.92. The van der Waals surface area contributed by atoms with E-state index in [1.807, 2.05) is 12.1 Å². The fourth-order valence-corrected chi connectivity index (χ4v) is 2.00. The van der Waals surface area contributed by atoms with Crippen LogP contribution < -0.4 is 11.1 Å². The second kappa shape index (κ2) is 6.09. The number of nitriles is 1. The van der Waals surface area contributed by atoms with Crippen LogP contribution in [-0.4, -0.2) is 5.91 Å². The molecular formula is C15H12ClN3O.